The molecular weight excluding hydrogens is 468 g/mol. The maximum atomic E-state index is 13.5. The van der Waals surface area contributed by atoms with Gasteiger partial charge in [-0.25, -0.2) is 4.98 Å². The van der Waals surface area contributed by atoms with Crippen LogP contribution in [0.15, 0.2) is 74.3 Å². The molecule has 5 rings (SSSR count). The monoisotopic (exact) mass is 480 g/mol. The van der Waals surface area contributed by atoms with E-state index >= 15 is 0 Å². The van der Waals surface area contributed by atoms with Crippen molar-refractivity contribution in [1.82, 2.24) is 4.98 Å². The Kier molecular flexibility index (Phi) is 4.49. The van der Waals surface area contributed by atoms with Gasteiger partial charge in [-0.3, -0.25) is 14.5 Å². The number of hydrogen-bond acceptors (Lipinski definition) is 4. The van der Waals surface area contributed by atoms with Crippen LogP contribution in [0.4, 0.5) is 5.82 Å². The average molecular weight is 482 g/mol. The van der Waals surface area contributed by atoms with Gasteiger partial charge in [-0.1, -0.05) is 45.7 Å². The molecule has 0 saturated heterocycles. The Morgan fingerprint density at radius 3 is 2.57 bits per heavy atom. The van der Waals surface area contributed by atoms with Crippen LogP contribution in [-0.4, -0.2) is 10.9 Å². The molecule has 0 fully saturated rings. The molecule has 1 aliphatic rings. The average Bonchev–Trinajstić information content (AvgIpc) is 3.02. The first-order valence-corrected chi connectivity index (χ1v) is 10.4. The van der Waals surface area contributed by atoms with Gasteiger partial charge in [0.05, 0.1) is 17.0 Å². The van der Waals surface area contributed by atoms with Gasteiger partial charge in [0.2, 0.25) is 5.76 Å². The van der Waals surface area contributed by atoms with Crippen molar-refractivity contribution in [2.45, 2.75) is 13.0 Å². The number of benzene rings is 2. The lowest BCUT2D eigenvalue weighted by molar-refractivity contribution is 0.0970. The number of rotatable bonds is 2. The molecule has 4 aromatic rings. The number of hydrogen-bond donors (Lipinski definition) is 0. The van der Waals surface area contributed by atoms with E-state index in [9.17, 15) is 9.59 Å². The van der Waals surface area contributed by atoms with Gasteiger partial charge in [-0.15, -0.1) is 0 Å². The first-order chi connectivity index (χ1) is 14.4. The van der Waals surface area contributed by atoms with E-state index in [1.165, 1.54) is 4.90 Å². The molecule has 148 valence electrons. The Bertz CT molecular complexity index is 1380. The molecular formula is C23H14BrClN2O3. The molecule has 0 bridgehead atoms. The van der Waals surface area contributed by atoms with Gasteiger partial charge in [0, 0.05) is 15.2 Å². The molecule has 0 unspecified atom stereocenters. The number of nitrogens with zero attached hydrogens (tertiary/aromatic N) is 2. The summed E-state index contributed by atoms with van der Waals surface area (Å²) < 4.78 is 6.70. The zero-order chi connectivity index (χ0) is 21.0. The summed E-state index contributed by atoms with van der Waals surface area (Å²) in [5.41, 5.74) is 1.94. The van der Waals surface area contributed by atoms with E-state index in [2.05, 4.69) is 20.9 Å². The quantitative estimate of drug-likeness (QED) is 0.370. The van der Waals surface area contributed by atoms with Crippen LogP contribution in [0.1, 0.15) is 33.4 Å². The van der Waals surface area contributed by atoms with Crippen LogP contribution >= 0.6 is 27.5 Å². The van der Waals surface area contributed by atoms with Gasteiger partial charge in [0.1, 0.15) is 11.4 Å². The lowest BCUT2D eigenvalue weighted by Gasteiger charge is -2.24. The predicted octanol–water partition coefficient (Wildman–Crippen LogP) is 5.66. The van der Waals surface area contributed by atoms with Crippen molar-refractivity contribution >= 4 is 50.2 Å². The second kappa shape index (κ2) is 7.07. The molecule has 1 amide bonds. The van der Waals surface area contributed by atoms with Gasteiger partial charge < -0.3 is 4.42 Å². The number of halogens is 2. The molecule has 0 saturated carbocycles. The molecule has 3 heterocycles. The Morgan fingerprint density at radius 1 is 1.07 bits per heavy atom. The number of aromatic nitrogens is 1. The Hall–Kier alpha value is -2.96. The largest absolute Gasteiger partial charge is 0.450 e. The van der Waals surface area contributed by atoms with Crippen LogP contribution in [0.25, 0.3) is 11.0 Å². The van der Waals surface area contributed by atoms with Crippen LogP contribution in [0.5, 0.6) is 0 Å². The number of carbonyl (C=O) groups excluding carboxylic acids is 1. The van der Waals surface area contributed by atoms with Gasteiger partial charge in [-0.05, 0) is 55.0 Å². The van der Waals surface area contributed by atoms with Crippen molar-refractivity contribution in [3.8, 4) is 0 Å². The Labute approximate surface area is 185 Å². The number of anilines is 1. The number of fused-ring (bicyclic) bond motifs is 2. The Morgan fingerprint density at radius 2 is 1.83 bits per heavy atom. The van der Waals surface area contributed by atoms with Crippen LogP contribution in [-0.2, 0) is 0 Å². The summed E-state index contributed by atoms with van der Waals surface area (Å²) in [5.74, 6) is 0.0963. The highest BCUT2D eigenvalue weighted by molar-refractivity contribution is 9.10. The molecule has 0 N–H and O–H groups in total. The molecule has 1 atom stereocenters. The first-order valence-electron chi connectivity index (χ1n) is 9.23. The summed E-state index contributed by atoms with van der Waals surface area (Å²) in [4.78, 5) is 33.0. The van der Waals surface area contributed by atoms with Gasteiger partial charge in [0.15, 0.2) is 5.43 Å². The minimum Gasteiger partial charge on any atom is -0.450 e. The van der Waals surface area contributed by atoms with Gasteiger partial charge in [0.25, 0.3) is 5.91 Å². The molecule has 5 nitrogen and oxygen atoms in total. The summed E-state index contributed by atoms with van der Waals surface area (Å²) >= 11 is 9.47. The van der Waals surface area contributed by atoms with Crippen molar-refractivity contribution in [3.05, 3.63) is 103 Å². The van der Waals surface area contributed by atoms with E-state index in [0.29, 0.717) is 27.4 Å². The molecule has 0 aliphatic carbocycles. The molecule has 0 spiro atoms. The maximum Gasteiger partial charge on any atom is 0.296 e. The lowest BCUT2D eigenvalue weighted by Crippen LogP contribution is -2.30. The van der Waals surface area contributed by atoms with E-state index in [0.717, 1.165) is 15.7 Å². The molecule has 30 heavy (non-hydrogen) atoms. The van der Waals surface area contributed by atoms with E-state index in [1.807, 2.05) is 31.2 Å². The van der Waals surface area contributed by atoms with Crippen molar-refractivity contribution in [2.24, 2.45) is 0 Å². The van der Waals surface area contributed by atoms with Crippen molar-refractivity contribution in [2.75, 3.05) is 4.90 Å². The van der Waals surface area contributed by atoms with Gasteiger partial charge >= 0.3 is 0 Å². The highest BCUT2D eigenvalue weighted by Gasteiger charge is 2.44. The fourth-order valence-electron chi connectivity index (χ4n) is 3.80. The SMILES string of the molecule is Cc1cccc(N2C(=O)c3oc4ccc(Br)cc4c(=O)c3[C@@H]2c2ccc(Cl)cc2)n1. The van der Waals surface area contributed by atoms with E-state index < -0.39 is 11.9 Å². The third kappa shape index (κ3) is 2.95. The highest BCUT2D eigenvalue weighted by Crippen LogP contribution is 2.41. The van der Waals surface area contributed by atoms with Crippen LogP contribution in [0.3, 0.4) is 0 Å². The second-order valence-electron chi connectivity index (χ2n) is 7.08. The molecule has 2 aromatic heterocycles. The van der Waals surface area contributed by atoms with E-state index in [1.54, 1.807) is 36.4 Å². The van der Waals surface area contributed by atoms with Gasteiger partial charge in [-0.2, -0.15) is 0 Å². The second-order valence-corrected chi connectivity index (χ2v) is 8.43. The fourth-order valence-corrected chi connectivity index (χ4v) is 4.29. The summed E-state index contributed by atoms with van der Waals surface area (Å²) in [6.45, 7) is 1.85. The van der Waals surface area contributed by atoms with Crippen molar-refractivity contribution in [3.63, 3.8) is 0 Å². The topological polar surface area (TPSA) is 63.4 Å². The normalized spacial score (nSPS) is 15.6. The zero-order valence-electron chi connectivity index (χ0n) is 15.7. The third-order valence-electron chi connectivity index (χ3n) is 5.14. The van der Waals surface area contributed by atoms with E-state index in [4.69, 9.17) is 16.0 Å². The zero-order valence-corrected chi connectivity index (χ0v) is 18.1. The maximum absolute atomic E-state index is 13.5. The smallest absolute Gasteiger partial charge is 0.296 e. The summed E-state index contributed by atoms with van der Waals surface area (Å²) in [6.07, 6.45) is 0. The van der Waals surface area contributed by atoms with Crippen molar-refractivity contribution in [1.29, 1.82) is 0 Å². The van der Waals surface area contributed by atoms with E-state index in [-0.39, 0.29) is 11.2 Å². The number of pyridine rings is 1. The molecule has 7 heteroatoms. The fraction of sp³-hybridized carbons (Fsp3) is 0.0870. The van der Waals surface area contributed by atoms with Crippen molar-refractivity contribution < 1.29 is 9.21 Å². The third-order valence-corrected chi connectivity index (χ3v) is 5.88. The predicted molar refractivity (Wildman–Crippen MR) is 119 cm³/mol. The first kappa shape index (κ1) is 19.0. The van der Waals surface area contributed by atoms with Crippen LogP contribution in [0.2, 0.25) is 5.02 Å². The minimum atomic E-state index is -0.668. The molecule has 1 aliphatic heterocycles. The number of carbonyl (C=O) groups is 1. The highest BCUT2D eigenvalue weighted by atomic mass is 79.9. The Balaban J connectivity index is 1.83. The number of amides is 1. The minimum absolute atomic E-state index is 0.0399. The van der Waals surface area contributed by atoms with Crippen LogP contribution < -0.4 is 10.3 Å². The summed E-state index contributed by atoms with van der Waals surface area (Å²) in [5, 5.41) is 0.979. The number of aryl methyl sites for hydroxylation is 1. The molecule has 2 aromatic carbocycles. The lowest BCUT2D eigenvalue weighted by atomic mass is 9.98. The summed E-state index contributed by atoms with van der Waals surface area (Å²) in [6, 6.07) is 17.0. The standard InChI is InChI=1S/C23H14BrClN2O3/c1-12-3-2-4-18(26-12)27-20(13-5-8-15(25)9-6-13)19-21(28)16-11-14(24)7-10-17(16)30-22(19)23(27)29/h2-11,20H,1H3/t20-/m0/s1. The molecule has 0 radical (unpaired) electrons. The summed E-state index contributed by atoms with van der Waals surface area (Å²) in [7, 11) is 0. The van der Waals surface area contributed by atoms with Crippen LogP contribution in [0, 0.1) is 6.92 Å².